The Labute approximate surface area is 90.8 Å². The van der Waals surface area contributed by atoms with Gasteiger partial charge in [-0.25, -0.2) is 0 Å². The first-order chi connectivity index (χ1) is 7.09. The van der Waals surface area contributed by atoms with Gasteiger partial charge in [0.1, 0.15) is 0 Å². The van der Waals surface area contributed by atoms with Crippen molar-refractivity contribution in [1.29, 1.82) is 0 Å². The first kappa shape index (κ1) is 12.2. The minimum atomic E-state index is -0.833. The largest absolute Gasteiger partial charge is 0.481 e. The molecule has 2 rings (SSSR count). The smallest absolute Gasteiger partial charge is 0.300 e. The lowest BCUT2D eigenvalue weighted by Crippen LogP contribution is -2.20. The average Bonchev–Trinajstić information content (AvgIpc) is 2.16. The highest BCUT2D eigenvalue weighted by Crippen LogP contribution is 2.36. The van der Waals surface area contributed by atoms with Gasteiger partial charge < -0.3 is 10.2 Å². The molecule has 0 radical (unpaired) electrons. The van der Waals surface area contributed by atoms with Crippen LogP contribution in [0, 0.1) is 5.92 Å². The van der Waals surface area contributed by atoms with E-state index in [4.69, 9.17) is 9.90 Å². The van der Waals surface area contributed by atoms with E-state index in [1.54, 1.807) is 5.57 Å². The normalized spacial score (nSPS) is 29.3. The molecule has 86 valence electrons. The summed E-state index contributed by atoms with van der Waals surface area (Å²) in [7, 11) is 0. The zero-order valence-corrected chi connectivity index (χ0v) is 9.28. The van der Waals surface area contributed by atoms with Crippen molar-refractivity contribution in [3.63, 3.8) is 0 Å². The standard InChI is InChI=1S/C10H16O.C2H4O2/c11-10-6-5-8-3-1-2-4-9(8)7-10;1-2(3)4/h7-8,10-11H,1-6H2;1H3,(H,3,4). The van der Waals surface area contributed by atoms with E-state index in [9.17, 15) is 5.11 Å². The number of allylic oxidation sites excluding steroid dienone is 1. The summed E-state index contributed by atoms with van der Waals surface area (Å²) >= 11 is 0. The van der Waals surface area contributed by atoms with Gasteiger partial charge in [0.05, 0.1) is 6.10 Å². The molecular formula is C12H20O3. The van der Waals surface area contributed by atoms with Crippen molar-refractivity contribution >= 4 is 5.97 Å². The summed E-state index contributed by atoms with van der Waals surface area (Å²) < 4.78 is 0. The van der Waals surface area contributed by atoms with Gasteiger partial charge in [-0.15, -0.1) is 0 Å². The van der Waals surface area contributed by atoms with Crippen LogP contribution in [-0.2, 0) is 4.79 Å². The minimum absolute atomic E-state index is 0.126. The number of hydrogen-bond donors (Lipinski definition) is 2. The predicted octanol–water partition coefficient (Wildman–Crippen LogP) is 2.35. The molecule has 3 nitrogen and oxygen atoms in total. The Morgan fingerprint density at radius 2 is 2.00 bits per heavy atom. The third-order valence-corrected chi connectivity index (χ3v) is 3.01. The van der Waals surface area contributed by atoms with Crippen molar-refractivity contribution in [2.45, 2.75) is 51.6 Å². The lowest BCUT2D eigenvalue weighted by atomic mass is 9.77. The van der Waals surface area contributed by atoms with Gasteiger partial charge in [0.2, 0.25) is 0 Å². The molecule has 2 aliphatic carbocycles. The predicted molar refractivity (Wildman–Crippen MR) is 58.6 cm³/mol. The number of carboxylic acid groups (broad SMARTS) is 1. The Hall–Kier alpha value is -0.830. The maximum atomic E-state index is 9.37. The molecule has 0 aromatic carbocycles. The van der Waals surface area contributed by atoms with E-state index in [0.717, 1.165) is 19.3 Å². The van der Waals surface area contributed by atoms with Crippen LogP contribution in [0.4, 0.5) is 0 Å². The number of fused-ring (bicyclic) bond motifs is 1. The molecule has 2 N–H and O–H groups in total. The second-order valence-corrected chi connectivity index (χ2v) is 4.35. The molecule has 2 atom stereocenters. The summed E-state index contributed by atoms with van der Waals surface area (Å²) in [5.41, 5.74) is 1.55. The first-order valence-corrected chi connectivity index (χ1v) is 5.67. The van der Waals surface area contributed by atoms with Gasteiger partial charge in [0.25, 0.3) is 5.97 Å². The number of rotatable bonds is 0. The summed E-state index contributed by atoms with van der Waals surface area (Å²) in [6.07, 6.45) is 9.57. The zero-order valence-electron chi connectivity index (χ0n) is 9.28. The van der Waals surface area contributed by atoms with Crippen molar-refractivity contribution < 1.29 is 15.0 Å². The van der Waals surface area contributed by atoms with Gasteiger partial charge >= 0.3 is 0 Å². The molecule has 3 heteroatoms. The van der Waals surface area contributed by atoms with Crippen molar-refractivity contribution in [3.05, 3.63) is 11.6 Å². The molecule has 2 unspecified atom stereocenters. The van der Waals surface area contributed by atoms with Crippen molar-refractivity contribution in [2.75, 3.05) is 0 Å². The molecule has 1 saturated carbocycles. The molecule has 15 heavy (non-hydrogen) atoms. The molecule has 2 aliphatic rings. The van der Waals surface area contributed by atoms with Crippen LogP contribution in [0.3, 0.4) is 0 Å². The van der Waals surface area contributed by atoms with E-state index < -0.39 is 5.97 Å². The lowest BCUT2D eigenvalue weighted by Gasteiger charge is -2.30. The van der Waals surface area contributed by atoms with Gasteiger partial charge in [-0.05, 0) is 38.0 Å². The van der Waals surface area contributed by atoms with Gasteiger partial charge in [0, 0.05) is 6.92 Å². The highest BCUT2D eigenvalue weighted by Gasteiger charge is 2.23. The van der Waals surface area contributed by atoms with E-state index in [0.29, 0.717) is 0 Å². The van der Waals surface area contributed by atoms with E-state index in [-0.39, 0.29) is 6.10 Å². The highest BCUT2D eigenvalue weighted by atomic mass is 16.4. The monoisotopic (exact) mass is 212 g/mol. The van der Waals surface area contributed by atoms with Crippen LogP contribution >= 0.6 is 0 Å². The Kier molecular flexibility index (Phi) is 4.82. The van der Waals surface area contributed by atoms with E-state index in [2.05, 4.69) is 6.08 Å². The average molecular weight is 212 g/mol. The van der Waals surface area contributed by atoms with Crippen LogP contribution in [0.2, 0.25) is 0 Å². The quantitative estimate of drug-likeness (QED) is 0.606. The SMILES string of the molecule is CC(=O)O.OC1C=C2CCCCC2CC1. The molecule has 0 heterocycles. The Balaban J connectivity index is 0.000000245. The van der Waals surface area contributed by atoms with Crippen LogP contribution in [0.5, 0.6) is 0 Å². The summed E-state index contributed by atoms with van der Waals surface area (Å²) in [4.78, 5) is 9.00. The minimum Gasteiger partial charge on any atom is -0.481 e. The summed E-state index contributed by atoms with van der Waals surface area (Å²) in [6, 6.07) is 0. The molecule has 0 saturated heterocycles. The topological polar surface area (TPSA) is 57.5 Å². The summed E-state index contributed by atoms with van der Waals surface area (Å²) in [5.74, 6) is 0.00662. The summed E-state index contributed by atoms with van der Waals surface area (Å²) in [6.45, 7) is 1.08. The number of aliphatic hydroxyl groups excluding tert-OH is 1. The fourth-order valence-corrected chi connectivity index (χ4v) is 2.36. The molecular weight excluding hydrogens is 192 g/mol. The number of aliphatic hydroxyl groups is 1. The van der Waals surface area contributed by atoms with Crippen LogP contribution in [0.1, 0.15) is 45.4 Å². The lowest BCUT2D eigenvalue weighted by molar-refractivity contribution is -0.134. The van der Waals surface area contributed by atoms with Gasteiger partial charge in [-0.3, -0.25) is 4.79 Å². The molecule has 0 bridgehead atoms. The second-order valence-electron chi connectivity index (χ2n) is 4.35. The van der Waals surface area contributed by atoms with Crippen LogP contribution < -0.4 is 0 Å². The van der Waals surface area contributed by atoms with Crippen molar-refractivity contribution in [3.8, 4) is 0 Å². The fourth-order valence-electron chi connectivity index (χ4n) is 2.36. The van der Waals surface area contributed by atoms with E-state index in [1.807, 2.05) is 0 Å². The molecule has 0 aliphatic heterocycles. The second kappa shape index (κ2) is 5.91. The Bertz CT molecular complexity index is 241. The fraction of sp³-hybridized carbons (Fsp3) is 0.750. The van der Waals surface area contributed by atoms with Crippen LogP contribution in [0.25, 0.3) is 0 Å². The number of carbonyl (C=O) groups is 1. The highest BCUT2D eigenvalue weighted by molar-refractivity contribution is 5.62. The summed E-state index contributed by atoms with van der Waals surface area (Å²) in [5, 5.41) is 16.8. The van der Waals surface area contributed by atoms with E-state index >= 15 is 0 Å². The van der Waals surface area contributed by atoms with Gasteiger partial charge in [-0.2, -0.15) is 0 Å². The van der Waals surface area contributed by atoms with Crippen molar-refractivity contribution in [2.24, 2.45) is 5.92 Å². The molecule has 0 aromatic rings. The third kappa shape index (κ3) is 4.47. The number of hydrogen-bond acceptors (Lipinski definition) is 2. The Morgan fingerprint density at radius 3 is 2.67 bits per heavy atom. The first-order valence-electron chi connectivity index (χ1n) is 5.67. The van der Waals surface area contributed by atoms with Crippen LogP contribution in [0.15, 0.2) is 11.6 Å². The number of carboxylic acids is 1. The maximum Gasteiger partial charge on any atom is 0.300 e. The van der Waals surface area contributed by atoms with Crippen molar-refractivity contribution in [1.82, 2.24) is 0 Å². The third-order valence-electron chi connectivity index (χ3n) is 3.01. The van der Waals surface area contributed by atoms with Crippen LogP contribution in [-0.4, -0.2) is 22.3 Å². The molecule has 0 aromatic heterocycles. The maximum absolute atomic E-state index is 9.37. The molecule has 0 spiro atoms. The molecule has 1 fully saturated rings. The zero-order chi connectivity index (χ0) is 11.3. The van der Waals surface area contributed by atoms with Gasteiger partial charge in [0.15, 0.2) is 0 Å². The van der Waals surface area contributed by atoms with Gasteiger partial charge in [-0.1, -0.05) is 18.1 Å². The van der Waals surface area contributed by atoms with E-state index in [1.165, 1.54) is 32.1 Å². The Morgan fingerprint density at radius 1 is 1.33 bits per heavy atom. The number of aliphatic carboxylic acids is 1. The molecule has 0 amide bonds.